The van der Waals surface area contributed by atoms with Gasteiger partial charge < -0.3 is 4.84 Å². The minimum absolute atomic E-state index is 0.227. The second-order valence-electron chi connectivity index (χ2n) is 6.45. The summed E-state index contributed by atoms with van der Waals surface area (Å²) in [5, 5.41) is 0.696. The Hall–Kier alpha value is -0.730. The highest BCUT2D eigenvalue weighted by molar-refractivity contribution is 9.13. The van der Waals surface area contributed by atoms with Crippen LogP contribution in [0.1, 0.15) is 29.6 Å². The summed E-state index contributed by atoms with van der Waals surface area (Å²) in [5.41, 5.74) is 0.227. The molecule has 126 valence electrons. The molecule has 1 aromatic rings. The maximum atomic E-state index is 12.6. The summed E-state index contributed by atoms with van der Waals surface area (Å²) >= 11 is 9.95. The number of hydrogen-bond donors (Lipinski definition) is 0. The van der Waals surface area contributed by atoms with Crippen LogP contribution in [-0.2, 0) is 14.4 Å². The molecule has 1 saturated heterocycles. The van der Waals surface area contributed by atoms with E-state index < -0.39 is 5.97 Å². The van der Waals surface area contributed by atoms with Crippen molar-refractivity contribution >= 4 is 65.6 Å². The number of fused-ring (bicyclic) bond motifs is 5. The van der Waals surface area contributed by atoms with Crippen molar-refractivity contribution in [2.75, 3.05) is 0 Å². The number of benzene rings is 1. The van der Waals surface area contributed by atoms with Crippen LogP contribution in [0.3, 0.4) is 0 Å². The Morgan fingerprint density at radius 1 is 1.00 bits per heavy atom. The first-order chi connectivity index (χ1) is 11.4. The number of hydroxylamine groups is 2. The number of hydrogen-bond acceptors (Lipinski definition) is 4. The molecule has 4 unspecified atom stereocenters. The molecular weight excluding hydrogens is 510 g/mol. The lowest BCUT2D eigenvalue weighted by Crippen LogP contribution is -2.35. The third-order valence-corrected chi connectivity index (χ3v) is 7.99. The predicted molar refractivity (Wildman–Crippen MR) is 94.6 cm³/mol. The molecule has 0 spiro atoms. The lowest BCUT2D eigenvalue weighted by molar-refractivity contribution is -0.175. The molecule has 2 saturated carbocycles. The topological polar surface area (TPSA) is 63.7 Å². The standard InChI is InChI=1S/C16H12Br3NO4/c17-8-3-4-9(18)13(19)12(8)16(23)24-20-14(21)10-6-1-2-7(5-6)11(10)15(20)22/h3-4,6-7,10-11H,1-2,5H2. The number of imide groups is 1. The Balaban J connectivity index is 1.60. The van der Waals surface area contributed by atoms with Gasteiger partial charge in [-0.1, -0.05) is 0 Å². The van der Waals surface area contributed by atoms with Crippen molar-refractivity contribution in [3.63, 3.8) is 0 Å². The second-order valence-corrected chi connectivity index (χ2v) is 8.95. The zero-order valence-electron chi connectivity index (χ0n) is 12.3. The molecule has 2 bridgehead atoms. The molecule has 3 aliphatic rings. The average Bonchev–Trinajstić information content (AvgIpc) is 3.21. The highest BCUT2D eigenvalue weighted by Gasteiger charge is 2.62. The van der Waals surface area contributed by atoms with E-state index in [2.05, 4.69) is 47.8 Å². The van der Waals surface area contributed by atoms with Crippen molar-refractivity contribution in [1.82, 2.24) is 5.06 Å². The molecular formula is C16H12Br3NO4. The lowest BCUT2D eigenvalue weighted by Gasteiger charge is -2.18. The summed E-state index contributed by atoms with van der Waals surface area (Å²) in [7, 11) is 0. The van der Waals surface area contributed by atoms with Crippen molar-refractivity contribution in [3.8, 4) is 0 Å². The number of amides is 2. The molecule has 24 heavy (non-hydrogen) atoms. The van der Waals surface area contributed by atoms with E-state index >= 15 is 0 Å². The van der Waals surface area contributed by atoms with Gasteiger partial charge in [0, 0.05) is 13.4 Å². The normalized spacial score (nSPS) is 30.9. The molecule has 4 atom stereocenters. The predicted octanol–water partition coefficient (Wildman–Crippen LogP) is 4.08. The highest BCUT2D eigenvalue weighted by Crippen LogP contribution is 2.56. The fourth-order valence-electron chi connectivity index (χ4n) is 4.31. The largest absolute Gasteiger partial charge is 0.366 e. The number of nitrogens with zero attached hydrogens (tertiary/aromatic N) is 1. The minimum Gasteiger partial charge on any atom is -0.325 e. The van der Waals surface area contributed by atoms with Crippen LogP contribution >= 0.6 is 47.8 Å². The lowest BCUT2D eigenvalue weighted by atomic mass is 9.81. The van der Waals surface area contributed by atoms with Crippen LogP contribution in [0, 0.1) is 23.7 Å². The average molecular weight is 522 g/mol. The smallest absolute Gasteiger partial charge is 0.325 e. The Morgan fingerprint density at radius 2 is 1.54 bits per heavy atom. The maximum absolute atomic E-state index is 12.6. The fourth-order valence-corrected chi connectivity index (χ4v) is 5.91. The quantitative estimate of drug-likeness (QED) is 0.435. The summed E-state index contributed by atoms with van der Waals surface area (Å²) in [6.45, 7) is 0. The number of rotatable bonds is 2. The molecule has 1 aromatic carbocycles. The van der Waals surface area contributed by atoms with Gasteiger partial charge in [0.25, 0.3) is 11.8 Å². The Labute approximate surface area is 163 Å². The van der Waals surface area contributed by atoms with Crippen LogP contribution in [0.5, 0.6) is 0 Å². The van der Waals surface area contributed by atoms with E-state index in [1.165, 1.54) is 0 Å². The first kappa shape index (κ1) is 16.7. The van der Waals surface area contributed by atoms with Crippen LogP contribution < -0.4 is 0 Å². The molecule has 0 radical (unpaired) electrons. The van der Waals surface area contributed by atoms with E-state index in [9.17, 15) is 14.4 Å². The molecule has 8 heteroatoms. The van der Waals surface area contributed by atoms with Crippen molar-refractivity contribution < 1.29 is 19.2 Å². The Morgan fingerprint density at radius 3 is 2.12 bits per heavy atom. The first-order valence-corrected chi connectivity index (χ1v) is 10.0. The highest BCUT2D eigenvalue weighted by atomic mass is 79.9. The summed E-state index contributed by atoms with van der Waals surface area (Å²) in [5.74, 6) is -1.59. The van der Waals surface area contributed by atoms with Gasteiger partial charge >= 0.3 is 5.97 Å². The number of carbonyl (C=O) groups excluding carboxylic acids is 3. The summed E-state index contributed by atoms with van der Waals surface area (Å²) in [6, 6.07) is 3.45. The molecule has 4 rings (SSSR count). The van der Waals surface area contributed by atoms with Gasteiger partial charge in [-0.2, -0.15) is 0 Å². The van der Waals surface area contributed by atoms with Crippen molar-refractivity contribution in [2.24, 2.45) is 23.7 Å². The molecule has 5 nitrogen and oxygen atoms in total. The van der Waals surface area contributed by atoms with Crippen molar-refractivity contribution in [1.29, 1.82) is 0 Å². The fraction of sp³-hybridized carbons (Fsp3) is 0.438. The first-order valence-electron chi connectivity index (χ1n) is 7.63. The summed E-state index contributed by atoms with van der Waals surface area (Å²) in [4.78, 5) is 42.9. The van der Waals surface area contributed by atoms with Crippen molar-refractivity contribution in [3.05, 3.63) is 31.1 Å². The van der Waals surface area contributed by atoms with E-state index in [4.69, 9.17) is 4.84 Å². The van der Waals surface area contributed by atoms with Crippen LogP contribution in [-0.4, -0.2) is 22.8 Å². The molecule has 0 aromatic heterocycles. The molecule has 1 heterocycles. The van der Waals surface area contributed by atoms with E-state index in [1.54, 1.807) is 12.1 Å². The second kappa shape index (κ2) is 5.92. The maximum Gasteiger partial charge on any atom is 0.366 e. The molecule has 3 fully saturated rings. The van der Waals surface area contributed by atoms with Crippen molar-refractivity contribution in [2.45, 2.75) is 19.3 Å². The SMILES string of the molecule is O=C(ON1C(=O)C2C3CCC(C3)C2C1=O)c1c(Br)ccc(Br)c1Br. The van der Waals surface area contributed by atoms with E-state index in [1.807, 2.05) is 0 Å². The third-order valence-electron chi connectivity index (χ3n) is 5.31. The van der Waals surface area contributed by atoms with Gasteiger partial charge in [-0.3, -0.25) is 9.59 Å². The van der Waals surface area contributed by atoms with Gasteiger partial charge in [-0.15, -0.1) is 5.06 Å². The summed E-state index contributed by atoms with van der Waals surface area (Å²) < 4.78 is 1.69. The Bertz CT molecular complexity index is 753. The van der Waals surface area contributed by atoms with E-state index in [-0.39, 0.29) is 41.0 Å². The van der Waals surface area contributed by atoms with Gasteiger partial charge in [0.05, 0.1) is 17.4 Å². The zero-order valence-corrected chi connectivity index (χ0v) is 17.1. The van der Waals surface area contributed by atoms with Crippen LogP contribution in [0.15, 0.2) is 25.6 Å². The van der Waals surface area contributed by atoms with Gasteiger partial charge in [0.1, 0.15) is 0 Å². The molecule has 2 amide bonds. The van der Waals surface area contributed by atoms with Gasteiger partial charge in [-0.25, -0.2) is 4.79 Å². The van der Waals surface area contributed by atoms with Gasteiger partial charge in [0.15, 0.2) is 0 Å². The molecule has 0 N–H and O–H groups in total. The third kappa shape index (κ3) is 2.33. The van der Waals surface area contributed by atoms with E-state index in [0.29, 0.717) is 18.5 Å². The van der Waals surface area contributed by atoms with Crippen LogP contribution in [0.25, 0.3) is 0 Å². The van der Waals surface area contributed by atoms with E-state index in [0.717, 1.165) is 19.3 Å². The summed E-state index contributed by atoms with van der Waals surface area (Å²) in [6.07, 6.45) is 2.90. The van der Waals surface area contributed by atoms with Gasteiger partial charge in [-0.05, 0) is 91.0 Å². The number of halogens is 3. The van der Waals surface area contributed by atoms with Crippen LogP contribution in [0.2, 0.25) is 0 Å². The minimum atomic E-state index is -0.746. The monoisotopic (exact) mass is 519 g/mol. The van der Waals surface area contributed by atoms with Gasteiger partial charge in [0.2, 0.25) is 0 Å². The van der Waals surface area contributed by atoms with Crippen LogP contribution in [0.4, 0.5) is 0 Å². The molecule has 2 aliphatic carbocycles. The molecule has 1 aliphatic heterocycles. The zero-order chi connectivity index (χ0) is 17.2. The Kier molecular flexibility index (Phi) is 4.12. The number of carbonyl (C=O) groups is 3.